The molecule has 0 bridgehead atoms. The number of hydrogen-bond donors (Lipinski definition) is 2. The lowest BCUT2D eigenvalue weighted by atomic mass is 10.2. The highest BCUT2D eigenvalue weighted by Crippen LogP contribution is 2.15. The molecule has 2 heterocycles. The minimum absolute atomic E-state index is 0.0989. The van der Waals surface area contributed by atoms with Gasteiger partial charge < -0.3 is 20.6 Å². The first kappa shape index (κ1) is 11.7. The Hall–Kier alpha value is -1.82. The Kier molecular flexibility index (Phi) is 3.43. The van der Waals surface area contributed by atoms with Gasteiger partial charge in [-0.3, -0.25) is 0 Å². The molecule has 6 nitrogen and oxygen atoms in total. The monoisotopic (exact) mass is 236 g/mol. The van der Waals surface area contributed by atoms with Crippen LogP contribution < -0.4 is 10.6 Å². The van der Waals surface area contributed by atoms with Gasteiger partial charge in [-0.25, -0.2) is 4.98 Å². The molecule has 0 aromatic carbocycles. The third-order valence-corrected chi connectivity index (χ3v) is 2.73. The maximum Gasteiger partial charge on any atom is 0.170 e. The molecular formula is C11H16N4O2. The molecule has 1 atom stereocenters. The highest BCUT2D eigenvalue weighted by molar-refractivity contribution is 5.85. The van der Waals surface area contributed by atoms with E-state index >= 15 is 0 Å². The number of oxime groups is 1. The first-order valence-electron chi connectivity index (χ1n) is 5.47. The largest absolute Gasteiger partial charge is 0.409 e. The summed E-state index contributed by atoms with van der Waals surface area (Å²) in [4.78, 5) is 6.41. The molecule has 1 unspecified atom stereocenters. The standard InChI is InChI=1S/C11H16N4O2/c1-8-2-3-10(13-6-8)15-4-5-17-9(7-15)11(12)14-16/h2-3,6,9,16H,4-5,7H2,1H3,(H2,12,14). The molecule has 1 aromatic heterocycles. The molecule has 6 heteroatoms. The summed E-state index contributed by atoms with van der Waals surface area (Å²) in [5, 5.41) is 11.6. The number of amidine groups is 1. The van der Waals surface area contributed by atoms with Crippen molar-refractivity contribution in [2.75, 3.05) is 24.6 Å². The number of hydrogen-bond acceptors (Lipinski definition) is 5. The summed E-state index contributed by atoms with van der Waals surface area (Å²) in [6.07, 6.45) is 1.44. The summed E-state index contributed by atoms with van der Waals surface area (Å²) in [5.41, 5.74) is 6.66. The molecular weight excluding hydrogens is 220 g/mol. The number of morpholine rings is 1. The smallest absolute Gasteiger partial charge is 0.170 e. The number of nitrogens with two attached hydrogens (primary N) is 1. The number of nitrogens with zero attached hydrogens (tertiary/aromatic N) is 3. The average Bonchev–Trinajstić information content (AvgIpc) is 2.39. The molecule has 2 rings (SSSR count). The van der Waals surface area contributed by atoms with Crippen LogP contribution >= 0.6 is 0 Å². The Bertz CT molecular complexity index is 404. The van der Waals surface area contributed by atoms with Gasteiger partial charge >= 0.3 is 0 Å². The highest BCUT2D eigenvalue weighted by Gasteiger charge is 2.24. The first-order chi connectivity index (χ1) is 8.20. The summed E-state index contributed by atoms with van der Waals surface area (Å²) in [6.45, 7) is 3.84. The van der Waals surface area contributed by atoms with Crippen LogP contribution in [-0.2, 0) is 4.74 Å². The van der Waals surface area contributed by atoms with Crippen LogP contribution in [0.25, 0.3) is 0 Å². The second-order valence-electron chi connectivity index (χ2n) is 4.02. The number of aryl methyl sites for hydroxylation is 1. The van der Waals surface area contributed by atoms with Gasteiger partial charge in [0, 0.05) is 12.7 Å². The van der Waals surface area contributed by atoms with Crippen LogP contribution in [-0.4, -0.2) is 41.8 Å². The van der Waals surface area contributed by atoms with Crippen LogP contribution in [0.3, 0.4) is 0 Å². The first-order valence-corrected chi connectivity index (χ1v) is 5.47. The Morgan fingerprint density at radius 1 is 1.65 bits per heavy atom. The molecule has 1 aliphatic rings. The zero-order chi connectivity index (χ0) is 12.3. The number of rotatable bonds is 2. The van der Waals surface area contributed by atoms with E-state index in [-0.39, 0.29) is 11.9 Å². The van der Waals surface area contributed by atoms with Crippen molar-refractivity contribution in [3.05, 3.63) is 23.9 Å². The summed E-state index contributed by atoms with van der Waals surface area (Å²) < 4.78 is 5.42. The Balaban J connectivity index is 2.09. The number of ether oxygens (including phenoxy) is 1. The van der Waals surface area contributed by atoms with E-state index < -0.39 is 0 Å². The van der Waals surface area contributed by atoms with Crippen molar-refractivity contribution >= 4 is 11.7 Å². The van der Waals surface area contributed by atoms with E-state index in [9.17, 15) is 0 Å². The van der Waals surface area contributed by atoms with Crippen molar-refractivity contribution in [1.29, 1.82) is 0 Å². The minimum atomic E-state index is -0.378. The van der Waals surface area contributed by atoms with Gasteiger partial charge in [0.15, 0.2) is 5.84 Å². The van der Waals surface area contributed by atoms with Crippen molar-refractivity contribution in [1.82, 2.24) is 4.98 Å². The van der Waals surface area contributed by atoms with E-state index in [1.165, 1.54) is 0 Å². The molecule has 3 N–H and O–H groups in total. The van der Waals surface area contributed by atoms with Gasteiger partial charge in [0.05, 0.1) is 13.2 Å². The predicted molar refractivity (Wildman–Crippen MR) is 64.3 cm³/mol. The molecule has 0 amide bonds. The highest BCUT2D eigenvalue weighted by atomic mass is 16.5. The van der Waals surface area contributed by atoms with E-state index in [1.807, 2.05) is 25.3 Å². The third kappa shape index (κ3) is 2.65. The SMILES string of the molecule is Cc1ccc(N2CCOC(C(N)=NO)C2)nc1. The van der Waals surface area contributed by atoms with Crippen LogP contribution in [0.1, 0.15) is 5.56 Å². The molecule has 0 spiro atoms. The number of aromatic nitrogens is 1. The third-order valence-electron chi connectivity index (χ3n) is 2.73. The Morgan fingerprint density at radius 3 is 3.12 bits per heavy atom. The van der Waals surface area contributed by atoms with Crippen molar-refractivity contribution < 1.29 is 9.94 Å². The Morgan fingerprint density at radius 2 is 2.47 bits per heavy atom. The van der Waals surface area contributed by atoms with Gasteiger partial charge in [-0.05, 0) is 18.6 Å². The van der Waals surface area contributed by atoms with Gasteiger partial charge in [-0.15, -0.1) is 0 Å². The van der Waals surface area contributed by atoms with Crippen molar-refractivity contribution in [2.24, 2.45) is 10.9 Å². The van der Waals surface area contributed by atoms with Crippen molar-refractivity contribution in [3.63, 3.8) is 0 Å². The van der Waals surface area contributed by atoms with E-state index in [0.717, 1.165) is 17.9 Å². The lowest BCUT2D eigenvalue weighted by molar-refractivity contribution is 0.0804. The summed E-state index contributed by atoms with van der Waals surface area (Å²) in [6, 6.07) is 3.97. The summed E-state index contributed by atoms with van der Waals surface area (Å²) >= 11 is 0. The van der Waals surface area contributed by atoms with Crippen LogP contribution in [0.15, 0.2) is 23.5 Å². The molecule has 0 aliphatic carbocycles. The fourth-order valence-corrected chi connectivity index (χ4v) is 1.75. The molecule has 1 aromatic rings. The van der Waals surface area contributed by atoms with Gasteiger partial charge in [0.2, 0.25) is 0 Å². The molecule has 1 fully saturated rings. The molecule has 92 valence electrons. The zero-order valence-electron chi connectivity index (χ0n) is 9.71. The normalized spacial score (nSPS) is 21.6. The van der Waals surface area contributed by atoms with Gasteiger partial charge in [0.1, 0.15) is 11.9 Å². The maximum atomic E-state index is 8.63. The fraction of sp³-hybridized carbons (Fsp3) is 0.455. The minimum Gasteiger partial charge on any atom is -0.409 e. The van der Waals surface area contributed by atoms with E-state index in [0.29, 0.717) is 13.2 Å². The zero-order valence-corrected chi connectivity index (χ0v) is 9.71. The van der Waals surface area contributed by atoms with Crippen molar-refractivity contribution in [3.8, 4) is 0 Å². The van der Waals surface area contributed by atoms with Crippen LogP contribution in [0.5, 0.6) is 0 Å². The molecule has 1 aliphatic heterocycles. The maximum absolute atomic E-state index is 8.63. The molecule has 0 saturated carbocycles. The Labute approximate surface area is 99.7 Å². The van der Waals surface area contributed by atoms with E-state index in [4.69, 9.17) is 15.7 Å². The summed E-state index contributed by atoms with van der Waals surface area (Å²) in [5.74, 6) is 0.983. The lowest BCUT2D eigenvalue weighted by Crippen LogP contribution is -2.48. The lowest BCUT2D eigenvalue weighted by Gasteiger charge is -2.32. The second kappa shape index (κ2) is 5.01. The fourth-order valence-electron chi connectivity index (χ4n) is 1.75. The number of anilines is 1. The summed E-state index contributed by atoms with van der Waals surface area (Å²) in [7, 11) is 0. The van der Waals surface area contributed by atoms with E-state index in [2.05, 4.69) is 15.0 Å². The van der Waals surface area contributed by atoms with Crippen molar-refractivity contribution in [2.45, 2.75) is 13.0 Å². The van der Waals surface area contributed by atoms with Crippen LogP contribution in [0, 0.1) is 6.92 Å². The topological polar surface area (TPSA) is 84.0 Å². The van der Waals surface area contributed by atoms with E-state index in [1.54, 1.807) is 0 Å². The predicted octanol–water partition coefficient (Wildman–Crippen LogP) is 0.342. The van der Waals surface area contributed by atoms with Gasteiger partial charge in [-0.2, -0.15) is 0 Å². The average molecular weight is 236 g/mol. The van der Waals surface area contributed by atoms with Crippen LogP contribution in [0.4, 0.5) is 5.82 Å². The number of pyridine rings is 1. The van der Waals surface area contributed by atoms with Crippen LogP contribution in [0.2, 0.25) is 0 Å². The molecule has 17 heavy (non-hydrogen) atoms. The van der Waals surface area contributed by atoms with Gasteiger partial charge in [-0.1, -0.05) is 11.2 Å². The van der Waals surface area contributed by atoms with Gasteiger partial charge in [0.25, 0.3) is 0 Å². The molecule has 0 radical (unpaired) electrons. The second-order valence-corrected chi connectivity index (χ2v) is 4.02. The quantitative estimate of drug-likeness (QED) is 0.335. The molecule has 1 saturated heterocycles.